The van der Waals surface area contributed by atoms with Crippen molar-refractivity contribution in [1.82, 2.24) is 5.32 Å². The Hall–Kier alpha value is -1.35. The third-order valence-electron chi connectivity index (χ3n) is 3.04. The fourth-order valence-corrected chi connectivity index (χ4v) is 2.10. The highest BCUT2D eigenvalue weighted by atomic mass is 16.5. The highest BCUT2D eigenvalue weighted by Crippen LogP contribution is 2.28. The van der Waals surface area contributed by atoms with Crippen LogP contribution in [0.3, 0.4) is 0 Å². The lowest BCUT2D eigenvalue weighted by Crippen LogP contribution is -2.46. The SMILES string of the molecule is COc1c(C)cc(C)cc1C(=O)C1CNC1. The van der Waals surface area contributed by atoms with Crippen molar-refractivity contribution in [3.8, 4) is 5.75 Å². The van der Waals surface area contributed by atoms with Crippen molar-refractivity contribution < 1.29 is 9.53 Å². The summed E-state index contributed by atoms with van der Waals surface area (Å²) in [6.45, 7) is 5.55. The van der Waals surface area contributed by atoms with Gasteiger partial charge < -0.3 is 10.1 Å². The molecule has 86 valence electrons. The number of carbonyl (C=O) groups excluding carboxylic acids is 1. The highest BCUT2D eigenvalue weighted by Gasteiger charge is 2.28. The Bertz CT molecular complexity index is 422. The lowest BCUT2D eigenvalue weighted by Gasteiger charge is -2.26. The van der Waals surface area contributed by atoms with Crippen LogP contribution in [0.15, 0.2) is 12.1 Å². The maximum Gasteiger partial charge on any atom is 0.172 e. The molecule has 1 saturated heterocycles. The lowest BCUT2D eigenvalue weighted by molar-refractivity contribution is 0.0874. The first-order valence-electron chi connectivity index (χ1n) is 5.53. The molecule has 1 aliphatic heterocycles. The molecule has 16 heavy (non-hydrogen) atoms. The van der Waals surface area contributed by atoms with Crippen LogP contribution in [-0.4, -0.2) is 26.0 Å². The van der Waals surface area contributed by atoms with E-state index in [4.69, 9.17) is 4.74 Å². The molecule has 1 N–H and O–H groups in total. The second kappa shape index (κ2) is 4.26. The third kappa shape index (κ3) is 1.83. The fraction of sp³-hybridized carbons (Fsp3) is 0.462. The monoisotopic (exact) mass is 219 g/mol. The predicted molar refractivity (Wildman–Crippen MR) is 63.2 cm³/mol. The lowest BCUT2D eigenvalue weighted by atomic mass is 9.90. The summed E-state index contributed by atoms with van der Waals surface area (Å²) in [6, 6.07) is 3.96. The molecule has 0 saturated carbocycles. The fourth-order valence-electron chi connectivity index (χ4n) is 2.10. The molecule has 2 rings (SSSR count). The number of ketones is 1. The van der Waals surface area contributed by atoms with E-state index in [1.807, 2.05) is 26.0 Å². The molecule has 0 bridgehead atoms. The average molecular weight is 219 g/mol. The Labute approximate surface area is 95.8 Å². The van der Waals surface area contributed by atoms with Crippen molar-refractivity contribution in [2.75, 3.05) is 20.2 Å². The Morgan fingerprint density at radius 2 is 2.06 bits per heavy atom. The maximum absolute atomic E-state index is 12.2. The van der Waals surface area contributed by atoms with E-state index in [9.17, 15) is 4.79 Å². The standard InChI is InChI=1S/C13H17NO2/c1-8-4-9(2)13(16-3)11(5-8)12(15)10-6-14-7-10/h4-5,10,14H,6-7H2,1-3H3. The summed E-state index contributed by atoms with van der Waals surface area (Å²) in [5, 5.41) is 3.12. The van der Waals surface area contributed by atoms with Gasteiger partial charge in [0, 0.05) is 19.0 Å². The zero-order valence-electron chi connectivity index (χ0n) is 9.96. The molecule has 0 aliphatic carbocycles. The van der Waals surface area contributed by atoms with Crippen LogP contribution in [0.1, 0.15) is 21.5 Å². The molecular weight excluding hydrogens is 202 g/mol. The minimum atomic E-state index is 0.120. The van der Waals surface area contributed by atoms with Crippen molar-refractivity contribution in [3.05, 3.63) is 28.8 Å². The van der Waals surface area contributed by atoms with Crippen LogP contribution in [0.25, 0.3) is 0 Å². The molecule has 3 nitrogen and oxygen atoms in total. The van der Waals surface area contributed by atoms with Crippen LogP contribution in [-0.2, 0) is 0 Å². The second-order valence-electron chi connectivity index (χ2n) is 4.38. The van der Waals surface area contributed by atoms with E-state index in [0.29, 0.717) is 0 Å². The van der Waals surface area contributed by atoms with Gasteiger partial charge in [-0.1, -0.05) is 6.07 Å². The predicted octanol–water partition coefficient (Wildman–Crippen LogP) is 1.71. The number of aryl methyl sites for hydroxylation is 2. The molecule has 1 fully saturated rings. The summed E-state index contributed by atoms with van der Waals surface area (Å²) < 4.78 is 5.33. The van der Waals surface area contributed by atoms with Gasteiger partial charge in [-0.25, -0.2) is 0 Å². The summed E-state index contributed by atoms with van der Waals surface area (Å²) in [6.07, 6.45) is 0. The number of rotatable bonds is 3. The number of hydrogen-bond acceptors (Lipinski definition) is 3. The van der Waals surface area contributed by atoms with Crippen LogP contribution in [0.4, 0.5) is 0 Å². The van der Waals surface area contributed by atoms with Gasteiger partial charge in [-0.3, -0.25) is 4.79 Å². The molecule has 0 amide bonds. The first-order chi connectivity index (χ1) is 7.63. The largest absolute Gasteiger partial charge is 0.496 e. The Kier molecular flexibility index (Phi) is 2.97. The van der Waals surface area contributed by atoms with Crippen molar-refractivity contribution in [3.63, 3.8) is 0 Å². The van der Waals surface area contributed by atoms with Gasteiger partial charge in [-0.05, 0) is 31.0 Å². The van der Waals surface area contributed by atoms with Crippen LogP contribution in [0.2, 0.25) is 0 Å². The number of ether oxygens (including phenoxy) is 1. The molecule has 1 aromatic rings. The van der Waals surface area contributed by atoms with Crippen molar-refractivity contribution >= 4 is 5.78 Å². The normalized spacial score (nSPS) is 15.7. The molecule has 0 atom stereocenters. The Balaban J connectivity index is 2.41. The maximum atomic E-state index is 12.2. The number of nitrogens with one attached hydrogen (secondary N) is 1. The summed E-state index contributed by atoms with van der Waals surface area (Å²) in [5.41, 5.74) is 2.86. The number of benzene rings is 1. The number of methoxy groups -OCH3 is 1. The average Bonchev–Trinajstić information content (AvgIpc) is 2.13. The van der Waals surface area contributed by atoms with Crippen molar-refractivity contribution in [1.29, 1.82) is 0 Å². The van der Waals surface area contributed by atoms with E-state index in [0.717, 1.165) is 35.5 Å². The van der Waals surface area contributed by atoms with Gasteiger partial charge >= 0.3 is 0 Å². The van der Waals surface area contributed by atoms with Gasteiger partial charge in [0.1, 0.15) is 5.75 Å². The van der Waals surface area contributed by atoms with E-state index in [1.54, 1.807) is 7.11 Å². The summed E-state index contributed by atoms with van der Waals surface area (Å²) in [5.74, 6) is 1.04. The summed E-state index contributed by atoms with van der Waals surface area (Å²) in [4.78, 5) is 12.2. The number of Topliss-reactive ketones (excluding diaryl/α,β-unsaturated/α-hetero) is 1. The van der Waals surface area contributed by atoms with E-state index >= 15 is 0 Å². The van der Waals surface area contributed by atoms with Gasteiger partial charge in [0.25, 0.3) is 0 Å². The van der Waals surface area contributed by atoms with Gasteiger partial charge in [0.2, 0.25) is 0 Å². The van der Waals surface area contributed by atoms with E-state index in [1.165, 1.54) is 0 Å². The van der Waals surface area contributed by atoms with Gasteiger partial charge in [0.05, 0.1) is 12.7 Å². The molecule has 1 aliphatic rings. The van der Waals surface area contributed by atoms with Crippen LogP contribution in [0.5, 0.6) is 5.75 Å². The first-order valence-corrected chi connectivity index (χ1v) is 5.53. The van der Waals surface area contributed by atoms with Gasteiger partial charge in [-0.2, -0.15) is 0 Å². The van der Waals surface area contributed by atoms with Gasteiger partial charge in [-0.15, -0.1) is 0 Å². The molecule has 3 heteroatoms. The highest BCUT2D eigenvalue weighted by molar-refractivity contribution is 6.01. The molecule has 0 spiro atoms. The minimum absolute atomic E-state index is 0.120. The van der Waals surface area contributed by atoms with Crippen LogP contribution < -0.4 is 10.1 Å². The Morgan fingerprint density at radius 3 is 2.56 bits per heavy atom. The molecule has 0 radical (unpaired) electrons. The number of carbonyl (C=O) groups is 1. The van der Waals surface area contributed by atoms with Gasteiger partial charge in [0.15, 0.2) is 5.78 Å². The zero-order chi connectivity index (χ0) is 11.7. The second-order valence-corrected chi connectivity index (χ2v) is 4.38. The van der Waals surface area contributed by atoms with Crippen LogP contribution in [0, 0.1) is 19.8 Å². The summed E-state index contributed by atoms with van der Waals surface area (Å²) >= 11 is 0. The molecule has 0 unspecified atom stereocenters. The molecule has 0 aromatic heterocycles. The van der Waals surface area contributed by atoms with E-state index in [2.05, 4.69) is 5.32 Å². The topological polar surface area (TPSA) is 38.3 Å². The van der Waals surface area contributed by atoms with Crippen LogP contribution >= 0.6 is 0 Å². The van der Waals surface area contributed by atoms with E-state index < -0.39 is 0 Å². The number of hydrogen-bond donors (Lipinski definition) is 1. The zero-order valence-corrected chi connectivity index (χ0v) is 9.96. The quantitative estimate of drug-likeness (QED) is 0.787. The van der Waals surface area contributed by atoms with Crippen molar-refractivity contribution in [2.24, 2.45) is 5.92 Å². The Morgan fingerprint density at radius 1 is 1.38 bits per heavy atom. The minimum Gasteiger partial charge on any atom is -0.496 e. The van der Waals surface area contributed by atoms with E-state index in [-0.39, 0.29) is 11.7 Å². The first kappa shape index (κ1) is 11.1. The smallest absolute Gasteiger partial charge is 0.172 e. The molecule has 1 aromatic carbocycles. The third-order valence-corrected chi connectivity index (χ3v) is 3.04. The molecular formula is C13H17NO2. The van der Waals surface area contributed by atoms with Crippen molar-refractivity contribution in [2.45, 2.75) is 13.8 Å². The summed E-state index contributed by atoms with van der Waals surface area (Å²) in [7, 11) is 1.62. The molecule has 1 heterocycles.